The summed E-state index contributed by atoms with van der Waals surface area (Å²) in [5.74, 6) is -1.24. The van der Waals surface area contributed by atoms with Crippen molar-refractivity contribution in [1.82, 2.24) is 0 Å². The molecule has 0 bridgehead atoms. The van der Waals surface area contributed by atoms with Crippen LogP contribution in [0, 0.1) is 11.6 Å². The molecule has 0 saturated heterocycles. The number of benzene rings is 2. The number of unbranched alkanes of at least 4 members (excludes halogenated alkanes) is 2. The van der Waals surface area contributed by atoms with Crippen molar-refractivity contribution < 1.29 is 13.2 Å². The SMILES string of the molecule is CCCCC=Cc1ccc(-c2ccc([C@H]3CC[C@H](F)CC3)cc2)c(F)c1F. The van der Waals surface area contributed by atoms with Crippen LogP contribution < -0.4 is 0 Å². The van der Waals surface area contributed by atoms with E-state index in [9.17, 15) is 13.2 Å². The number of halogens is 3. The van der Waals surface area contributed by atoms with Gasteiger partial charge < -0.3 is 0 Å². The number of allylic oxidation sites excluding steroid dienone is 1. The zero-order chi connectivity index (χ0) is 19.2. The third-order valence-corrected chi connectivity index (χ3v) is 5.48. The molecule has 144 valence electrons. The Hall–Kier alpha value is -2.03. The standard InChI is InChI=1S/C24H27F3/c1-2-3-4-5-6-20-13-16-22(24(27)23(20)26)19-9-7-17(8-10-19)18-11-14-21(25)15-12-18/h5-10,13,16,18,21H,2-4,11-12,14-15H2,1H3/t18-,21-. The summed E-state index contributed by atoms with van der Waals surface area (Å²) in [4.78, 5) is 0. The molecule has 3 rings (SSSR count). The predicted octanol–water partition coefficient (Wildman–Crippen LogP) is 7.83. The Morgan fingerprint density at radius 2 is 1.63 bits per heavy atom. The molecule has 1 aliphatic rings. The number of hydrogen-bond donors (Lipinski definition) is 0. The fourth-order valence-electron chi connectivity index (χ4n) is 3.77. The highest BCUT2D eigenvalue weighted by Crippen LogP contribution is 2.35. The van der Waals surface area contributed by atoms with Crippen LogP contribution in [0.3, 0.4) is 0 Å². The average Bonchev–Trinajstić information content (AvgIpc) is 2.69. The monoisotopic (exact) mass is 372 g/mol. The molecule has 0 nitrogen and oxygen atoms in total. The lowest BCUT2D eigenvalue weighted by Crippen LogP contribution is -2.13. The first kappa shape index (κ1) is 19.7. The minimum absolute atomic E-state index is 0.275. The van der Waals surface area contributed by atoms with E-state index in [4.69, 9.17) is 0 Å². The molecule has 0 aromatic heterocycles. The highest BCUT2D eigenvalue weighted by Gasteiger charge is 2.22. The molecule has 1 saturated carbocycles. The maximum atomic E-state index is 14.6. The van der Waals surface area contributed by atoms with E-state index in [1.165, 1.54) is 0 Å². The Balaban J connectivity index is 1.76. The van der Waals surface area contributed by atoms with Gasteiger partial charge in [-0.1, -0.05) is 68.3 Å². The van der Waals surface area contributed by atoms with Gasteiger partial charge in [-0.2, -0.15) is 0 Å². The van der Waals surface area contributed by atoms with Gasteiger partial charge in [0.15, 0.2) is 11.6 Å². The van der Waals surface area contributed by atoms with Gasteiger partial charge in [0, 0.05) is 11.1 Å². The van der Waals surface area contributed by atoms with Gasteiger partial charge in [-0.15, -0.1) is 0 Å². The second-order valence-corrected chi connectivity index (χ2v) is 7.45. The Bertz CT molecular complexity index is 769. The lowest BCUT2D eigenvalue weighted by atomic mass is 9.83. The van der Waals surface area contributed by atoms with Crippen LogP contribution in [0.2, 0.25) is 0 Å². The number of rotatable bonds is 6. The molecule has 0 spiro atoms. The minimum Gasteiger partial charge on any atom is -0.247 e. The van der Waals surface area contributed by atoms with Gasteiger partial charge in [0.05, 0.1) is 0 Å². The van der Waals surface area contributed by atoms with E-state index in [1.54, 1.807) is 18.2 Å². The van der Waals surface area contributed by atoms with Crippen molar-refractivity contribution in [1.29, 1.82) is 0 Å². The third kappa shape index (κ3) is 4.82. The molecule has 2 aromatic rings. The van der Waals surface area contributed by atoms with Crippen LogP contribution in [0.15, 0.2) is 42.5 Å². The smallest absolute Gasteiger partial charge is 0.167 e. The second-order valence-electron chi connectivity index (χ2n) is 7.45. The van der Waals surface area contributed by atoms with Gasteiger partial charge in [-0.3, -0.25) is 0 Å². The van der Waals surface area contributed by atoms with E-state index in [0.29, 0.717) is 24.3 Å². The Morgan fingerprint density at radius 3 is 2.30 bits per heavy atom. The van der Waals surface area contributed by atoms with Crippen molar-refractivity contribution in [3.8, 4) is 11.1 Å². The van der Waals surface area contributed by atoms with Gasteiger partial charge in [0.25, 0.3) is 0 Å². The topological polar surface area (TPSA) is 0 Å². The van der Waals surface area contributed by atoms with E-state index in [2.05, 4.69) is 6.92 Å². The molecule has 27 heavy (non-hydrogen) atoms. The molecule has 1 aliphatic carbocycles. The summed E-state index contributed by atoms with van der Waals surface area (Å²) < 4.78 is 42.3. The highest BCUT2D eigenvalue weighted by atomic mass is 19.2. The van der Waals surface area contributed by atoms with E-state index in [-0.39, 0.29) is 11.1 Å². The van der Waals surface area contributed by atoms with E-state index in [1.807, 2.05) is 30.3 Å². The average molecular weight is 372 g/mol. The van der Waals surface area contributed by atoms with E-state index >= 15 is 0 Å². The maximum absolute atomic E-state index is 14.6. The second kappa shape index (κ2) is 9.25. The first-order chi connectivity index (χ1) is 13.1. The summed E-state index contributed by atoms with van der Waals surface area (Å²) in [5.41, 5.74) is 2.38. The fourth-order valence-corrected chi connectivity index (χ4v) is 3.77. The highest BCUT2D eigenvalue weighted by molar-refractivity contribution is 5.67. The molecule has 0 atom stereocenters. The largest absolute Gasteiger partial charge is 0.247 e. The first-order valence-electron chi connectivity index (χ1n) is 9.99. The van der Waals surface area contributed by atoms with Crippen LogP contribution in [-0.2, 0) is 0 Å². The van der Waals surface area contributed by atoms with Crippen LogP contribution in [-0.4, -0.2) is 6.17 Å². The molecule has 3 heteroatoms. The van der Waals surface area contributed by atoms with E-state index in [0.717, 1.165) is 37.7 Å². The fraction of sp³-hybridized carbons (Fsp3) is 0.417. The lowest BCUT2D eigenvalue weighted by molar-refractivity contribution is 0.235. The molecule has 0 aliphatic heterocycles. The Kier molecular flexibility index (Phi) is 6.76. The van der Waals surface area contributed by atoms with Gasteiger partial charge in [-0.05, 0) is 49.1 Å². The van der Waals surface area contributed by atoms with Crippen LogP contribution in [0.4, 0.5) is 13.2 Å². The number of alkyl halides is 1. The summed E-state index contributed by atoms with van der Waals surface area (Å²) in [6.45, 7) is 2.10. The molecular formula is C24H27F3. The zero-order valence-corrected chi connectivity index (χ0v) is 15.9. The quantitative estimate of drug-likeness (QED) is 0.453. The molecule has 0 unspecified atom stereocenters. The van der Waals surface area contributed by atoms with Crippen LogP contribution >= 0.6 is 0 Å². The molecule has 2 aromatic carbocycles. The summed E-state index contributed by atoms with van der Waals surface area (Å²) in [6.07, 6.45) is 8.77. The van der Waals surface area contributed by atoms with Gasteiger partial charge in [0.2, 0.25) is 0 Å². The normalized spacial score (nSPS) is 20.3. The van der Waals surface area contributed by atoms with Gasteiger partial charge in [-0.25, -0.2) is 13.2 Å². The number of hydrogen-bond acceptors (Lipinski definition) is 0. The lowest BCUT2D eigenvalue weighted by Gasteiger charge is -2.24. The zero-order valence-electron chi connectivity index (χ0n) is 15.9. The Morgan fingerprint density at radius 1 is 0.926 bits per heavy atom. The van der Waals surface area contributed by atoms with Crippen LogP contribution in [0.1, 0.15) is 68.9 Å². The molecule has 0 amide bonds. The Labute approximate surface area is 160 Å². The van der Waals surface area contributed by atoms with E-state index < -0.39 is 17.8 Å². The van der Waals surface area contributed by atoms with Crippen LogP contribution in [0.25, 0.3) is 17.2 Å². The van der Waals surface area contributed by atoms with Gasteiger partial charge >= 0.3 is 0 Å². The summed E-state index contributed by atoms with van der Waals surface area (Å²) in [5, 5.41) is 0. The first-order valence-corrected chi connectivity index (χ1v) is 9.99. The molecule has 0 N–H and O–H groups in total. The summed E-state index contributed by atoms with van der Waals surface area (Å²) in [6, 6.07) is 10.9. The molecular weight excluding hydrogens is 345 g/mol. The van der Waals surface area contributed by atoms with Crippen LogP contribution in [0.5, 0.6) is 0 Å². The van der Waals surface area contributed by atoms with Crippen molar-refractivity contribution in [3.63, 3.8) is 0 Å². The van der Waals surface area contributed by atoms with Crippen molar-refractivity contribution >= 4 is 6.08 Å². The van der Waals surface area contributed by atoms with Crippen molar-refractivity contribution in [2.24, 2.45) is 0 Å². The van der Waals surface area contributed by atoms with Gasteiger partial charge in [0.1, 0.15) is 6.17 Å². The van der Waals surface area contributed by atoms with Crippen molar-refractivity contribution in [2.45, 2.75) is 64.0 Å². The predicted molar refractivity (Wildman–Crippen MR) is 106 cm³/mol. The summed E-state index contributed by atoms with van der Waals surface area (Å²) in [7, 11) is 0. The maximum Gasteiger partial charge on any atom is 0.167 e. The summed E-state index contributed by atoms with van der Waals surface area (Å²) >= 11 is 0. The van der Waals surface area contributed by atoms with Crippen molar-refractivity contribution in [2.75, 3.05) is 0 Å². The third-order valence-electron chi connectivity index (χ3n) is 5.48. The molecule has 0 radical (unpaired) electrons. The van der Waals surface area contributed by atoms with Crippen molar-refractivity contribution in [3.05, 3.63) is 65.2 Å². The minimum atomic E-state index is -0.807. The molecule has 0 heterocycles. The molecule has 1 fully saturated rings.